The molecule has 39 heavy (non-hydrogen) atoms. The van der Waals surface area contributed by atoms with Gasteiger partial charge in [0.25, 0.3) is 0 Å². The highest BCUT2D eigenvalue weighted by atomic mass is 35.5. The van der Waals surface area contributed by atoms with Crippen LogP contribution in [0.25, 0.3) is 4.91 Å². The largest absolute Gasteiger partial charge is 0.446 e. The molecule has 13 heteroatoms. The molecule has 1 aliphatic heterocycles. The van der Waals surface area contributed by atoms with E-state index in [0.717, 1.165) is 23.4 Å². The highest BCUT2D eigenvalue weighted by Crippen LogP contribution is 2.41. The van der Waals surface area contributed by atoms with Gasteiger partial charge in [0, 0.05) is 34.3 Å². The Bertz CT molecular complexity index is 1550. The maximum Gasteiger partial charge on any atom is 0.446 e. The average Bonchev–Trinajstić information content (AvgIpc) is 2.77. The summed E-state index contributed by atoms with van der Waals surface area (Å²) < 4.78 is 89.7. The second-order valence-corrected chi connectivity index (χ2v) is 15.5. The highest BCUT2D eigenvalue weighted by Gasteiger charge is 2.37. The summed E-state index contributed by atoms with van der Waals surface area (Å²) in [5.74, 6) is 0. The van der Waals surface area contributed by atoms with Gasteiger partial charge in [0.1, 0.15) is 0 Å². The highest BCUT2D eigenvalue weighted by molar-refractivity contribution is 8.12. The standard InChI is InChI=1S/C26H22Cl2F3NO4S3/c1-38(33,34)16-39(35,36)25(19-3-2-4-23(13-19)37-26(29,30)31)20-14-32(15-20)24(17-5-9-21(27)10-6-17)18-7-11-22(28)12-8-18/h2-13,24H,14-16H2,1H3. The molecule has 0 unspecified atom stereocenters. The summed E-state index contributed by atoms with van der Waals surface area (Å²) in [4.78, 5) is 1.51. The van der Waals surface area contributed by atoms with E-state index in [1.54, 1.807) is 24.3 Å². The lowest BCUT2D eigenvalue weighted by Gasteiger charge is -2.42. The topological polar surface area (TPSA) is 71.5 Å². The smallest absolute Gasteiger partial charge is 0.284 e. The zero-order chi connectivity index (χ0) is 28.6. The summed E-state index contributed by atoms with van der Waals surface area (Å²) in [7, 11) is -8.37. The number of nitrogens with zero attached hydrogens (tertiary/aromatic N) is 1. The van der Waals surface area contributed by atoms with E-state index in [1.165, 1.54) is 18.2 Å². The molecular formula is C26H22Cl2F3NO4S3. The van der Waals surface area contributed by atoms with Crippen LogP contribution in [0.1, 0.15) is 22.7 Å². The lowest BCUT2D eigenvalue weighted by atomic mass is 9.92. The van der Waals surface area contributed by atoms with Gasteiger partial charge in [0.2, 0.25) is 0 Å². The maximum atomic E-state index is 13.4. The van der Waals surface area contributed by atoms with E-state index in [4.69, 9.17) is 23.2 Å². The first kappa shape index (κ1) is 30.0. The Labute approximate surface area is 239 Å². The number of alkyl halides is 3. The number of rotatable bonds is 8. The molecule has 208 valence electrons. The molecule has 0 atom stereocenters. The fourth-order valence-corrected chi connectivity index (χ4v) is 9.09. The Morgan fingerprint density at radius 1 is 0.897 bits per heavy atom. The third kappa shape index (κ3) is 7.80. The minimum atomic E-state index is -4.57. The molecule has 0 saturated carbocycles. The van der Waals surface area contributed by atoms with E-state index < -0.39 is 30.3 Å². The van der Waals surface area contributed by atoms with Gasteiger partial charge in [0.05, 0.1) is 10.9 Å². The van der Waals surface area contributed by atoms with Crippen molar-refractivity contribution in [3.8, 4) is 0 Å². The van der Waals surface area contributed by atoms with Gasteiger partial charge in [-0.3, -0.25) is 4.90 Å². The van der Waals surface area contributed by atoms with E-state index in [-0.39, 0.29) is 46.3 Å². The van der Waals surface area contributed by atoms with E-state index in [0.29, 0.717) is 15.6 Å². The fourth-order valence-electron chi connectivity index (χ4n) is 4.45. The molecule has 5 nitrogen and oxygen atoms in total. The lowest BCUT2D eigenvalue weighted by Crippen LogP contribution is -2.44. The normalized spacial score (nSPS) is 14.9. The van der Waals surface area contributed by atoms with Crippen molar-refractivity contribution < 1.29 is 30.0 Å². The number of hydrogen-bond acceptors (Lipinski definition) is 6. The predicted octanol–water partition coefficient (Wildman–Crippen LogP) is 6.84. The summed E-state index contributed by atoms with van der Waals surface area (Å²) in [6.45, 7) is 0.287. The zero-order valence-corrected chi connectivity index (χ0v) is 24.3. The van der Waals surface area contributed by atoms with Gasteiger partial charge in [0.15, 0.2) is 24.8 Å². The first-order valence-corrected chi connectivity index (χ1v) is 16.6. The molecule has 0 spiro atoms. The van der Waals surface area contributed by atoms with Crippen molar-refractivity contribution in [1.82, 2.24) is 4.90 Å². The Balaban J connectivity index is 1.77. The zero-order valence-electron chi connectivity index (χ0n) is 20.3. The monoisotopic (exact) mass is 635 g/mol. The summed E-state index contributed by atoms with van der Waals surface area (Å²) >= 11 is 11.8. The quantitative estimate of drug-likeness (QED) is 0.252. The first-order chi connectivity index (χ1) is 18.1. The maximum absolute atomic E-state index is 13.4. The molecule has 0 aliphatic carbocycles. The number of benzene rings is 3. The van der Waals surface area contributed by atoms with Gasteiger partial charge in [-0.25, -0.2) is 16.8 Å². The van der Waals surface area contributed by atoms with Gasteiger partial charge in [-0.1, -0.05) is 59.6 Å². The van der Waals surface area contributed by atoms with Crippen molar-refractivity contribution in [3.05, 3.63) is 105 Å². The van der Waals surface area contributed by atoms with Gasteiger partial charge in [-0.05, 0) is 70.4 Å². The van der Waals surface area contributed by atoms with Crippen molar-refractivity contribution >= 4 is 59.5 Å². The van der Waals surface area contributed by atoms with Crippen LogP contribution in [0.15, 0.2) is 83.3 Å². The number of halogens is 5. The number of thioether (sulfide) groups is 1. The molecule has 1 aliphatic rings. The van der Waals surface area contributed by atoms with Crippen LogP contribution in [-0.4, -0.2) is 51.7 Å². The first-order valence-electron chi connectivity index (χ1n) is 11.3. The number of sulfone groups is 2. The molecule has 0 aromatic heterocycles. The SMILES string of the molecule is CS(=O)(=O)CS(=O)(=O)C(=C1CN(C(c2ccc(Cl)cc2)c2ccc(Cl)cc2)C1)c1cccc(SC(F)(F)F)c1. The minimum absolute atomic E-state index is 0.0112. The van der Waals surface area contributed by atoms with Crippen LogP contribution in [0, 0.1) is 0 Å². The van der Waals surface area contributed by atoms with E-state index in [9.17, 15) is 30.0 Å². The minimum Gasteiger partial charge on any atom is -0.284 e. The fraction of sp³-hybridized carbons (Fsp3) is 0.231. The molecule has 4 rings (SSSR count). The van der Waals surface area contributed by atoms with Gasteiger partial charge < -0.3 is 0 Å². The van der Waals surface area contributed by atoms with Gasteiger partial charge in [-0.15, -0.1) is 0 Å². The molecular weight excluding hydrogens is 614 g/mol. The lowest BCUT2D eigenvalue weighted by molar-refractivity contribution is -0.0328. The van der Waals surface area contributed by atoms with Gasteiger partial charge in [-0.2, -0.15) is 13.2 Å². The Kier molecular flexibility index (Phi) is 8.80. The number of likely N-dealkylation sites (tertiary alicyclic amines) is 1. The predicted molar refractivity (Wildman–Crippen MR) is 150 cm³/mol. The van der Waals surface area contributed by atoms with Crippen molar-refractivity contribution in [2.45, 2.75) is 16.4 Å². The molecule has 1 heterocycles. The van der Waals surface area contributed by atoms with Crippen LogP contribution in [0.5, 0.6) is 0 Å². The van der Waals surface area contributed by atoms with Crippen molar-refractivity contribution in [1.29, 1.82) is 0 Å². The number of hydrogen-bond donors (Lipinski definition) is 0. The second kappa shape index (κ2) is 11.5. The molecule has 3 aromatic rings. The molecule has 0 radical (unpaired) electrons. The Morgan fingerprint density at radius 2 is 1.41 bits per heavy atom. The average molecular weight is 637 g/mol. The van der Waals surface area contributed by atoms with Crippen molar-refractivity contribution in [3.63, 3.8) is 0 Å². The van der Waals surface area contributed by atoms with Crippen LogP contribution in [0.4, 0.5) is 13.2 Å². The van der Waals surface area contributed by atoms with E-state index >= 15 is 0 Å². The van der Waals surface area contributed by atoms with E-state index in [1.807, 2.05) is 29.2 Å². The van der Waals surface area contributed by atoms with E-state index in [2.05, 4.69) is 0 Å². The van der Waals surface area contributed by atoms with Gasteiger partial charge >= 0.3 is 5.51 Å². The van der Waals surface area contributed by atoms with Crippen LogP contribution >= 0.6 is 35.0 Å². The van der Waals surface area contributed by atoms with Crippen molar-refractivity contribution in [2.75, 3.05) is 24.4 Å². The second-order valence-electron chi connectivity index (χ2n) is 9.08. The summed E-state index contributed by atoms with van der Waals surface area (Å²) in [6.07, 6.45) is 0.799. The Hall–Kier alpha value is -2.02. The molecule has 0 amide bonds. The summed E-state index contributed by atoms with van der Waals surface area (Å²) in [5.41, 5.74) is -2.40. The summed E-state index contributed by atoms with van der Waals surface area (Å²) in [5, 5.41) is -0.0695. The van der Waals surface area contributed by atoms with Crippen LogP contribution in [0.2, 0.25) is 10.0 Å². The molecule has 3 aromatic carbocycles. The van der Waals surface area contributed by atoms with Crippen LogP contribution < -0.4 is 0 Å². The summed E-state index contributed by atoms with van der Waals surface area (Å²) in [6, 6.07) is 19.1. The van der Waals surface area contributed by atoms with Crippen LogP contribution in [-0.2, 0) is 19.7 Å². The van der Waals surface area contributed by atoms with Crippen molar-refractivity contribution in [2.24, 2.45) is 0 Å². The third-order valence-corrected chi connectivity index (χ3v) is 11.2. The van der Waals surface area contributed by atoms with Crippen LogP contribution in [0.3, 0.4) is 0 Å². The molecule has 0 bridgehead atoms. The molecule has 1 fully saturated rings. The molecule has 0 N–H and O–H groups in total. The Morgan fingerprint density at radius 3 is 1.87 bits per heavy atom. The molecule has 1 saturated heterocycles. The third-order valence-electron chi connectivity index (χ3n) is 5.86.